The molecule has 0 atom stereocenters. The van der Waals surface area contributed by atoms with Gasteiger partial charge in [-0.25, -0.2) is 0 Å². The molecule has 2 amide bonds. The summed E-state index contributed by atoms with van der Waals surface area (Å²) in [5, 5.41) is 2.85. The lowest BCUT2D eigenvalue weighted by atomic mass is 10.1. The van der Waals surface area contributed by atoms with Gasteiger partial charge in [-0.05, 0) is 55.0 Å². The molecular formula is C24H21N3O4. The molecule has 2 aromatic carbocycles. The topological polar surface area (TPSA) is 88.6 Å². The van der Waals surface area contributed by atoms with Gasteiger partial charge in [0, 0.05) is 17.3 Å². The zero-order chi connectivity index (χ0) is 21.8. The largest absolute Gasteiger partial charge is 0.482 e. The number of hydrogen-bond acceptors (Lipinski definition) is 5. The molecule has 1 aliphatic rings. The average Bonchev–Trinajstić information content (AvgIpc) is 2.80. The molecule has 7 heteroatoms. The number of nitrogens with zero attached hydrogens (tertiary/aromatic N) is 2. The summed E-state index contributed by atoms with van der Waals surface area (Å²) < 4.78 is 5.50. The van der Waals surface area contributed by atoms with E-state index in [4.69, 9.17) is 4.74 Å². The summed E-state index contributed by atoms with van der Waals surface area (Å²) in [6.07, 6.45) is 1.68. The zero-order valence-corrected chi connectivity index (χ0v) is 17.0. The molecule has 0 saturated heterocycles. The van der Waals surface area contributed by atoms with Crippen LogP contribution in [0.4, 0.5) is 5.69 Å². The Balaban J connectivity index is 1.52. The molecule has 1 N–H and O–H groups in total. The third kappa shape index (κ3) is 4.61. The van der Waals surface area contributed by atoms with Crippen molar-refractivity contribution < 1.29 is 19.1 Å². The van der Waals surface area contributed by atoms with Crippen LogP contribution in [0.15, 0.2) is 66.9 Å². The van der Waals surface area contributed by atoms with Gasteiger partial charge in [-0.15, -0.1) is 0 Å². The van der Waals surface area contributed by atoms with Gasteiger partial charge in [0.25, 0.3) is 11.8 Å². The summed E-state index contributed by atoms with van der Waals surface area (Å²) in [5.74, 6) is 0.0273. The van der Waals surface area contributed by atoms with Crippen LogP contribution in [0.2, 0.25) is 0 Å². The summed E-state index contributed by atoms with van der Waals surface area (Å²) in [5.41, 5.74) is 3.11. The number of Topliss-reactive ketones (excluding diaryl/α,β-unsaturated/α-hetero) is 1. The van der Waals surface area contributed by atoms with Gasteiger partial charge < -0.3 is 15.0 Å². The van der Waals surface area contributed by atoms with Crippen molar-refractivity contribution in [3.63, 3.8) is 0 Å². The number of hydrogen-bond donors (Lipinski definition) is 1. The van der Waals surface area contributed by atoms with Crippen LogP contribution in [0.5, 0.6) is 5.75 Å². The first-order valence-electron chi connectivity index (χ1n) is 9.86. The zero-order valence-electron chi connectivity index (χ0n) is 17.0. The predicted molar refractivity (Wildman–Crippen MR) is 115 cm³/mol. The normalized spacial score (nSPS) is 12.7. The number of aromatic nitrogens is 1. The first kappa shape index (κ1) is 20.3. The second-order valence-electron chi connectivity index (χ2n) is 7.21. The molecule has 7 nitrogen and oxygen atoms in total. The van der Waals surface area contributed by atoms with E-state index in [1.165, 1.54) is 6.92 Å². The Labute approximate surface area is 179 Å². The average molecular weight is 415 g/mol. The molecule has 0 radical (unpaired) electrons. The molecule has 2 heterocycles. The molecule has 4 rings (SSSR count). The van der Waals surface area contributed by atoms with E-state index in [0.717, 1.165) is 11.3 Å². The van der Waals surface area contributed by atoms with E-state index in [1.807, 2.05) is 24.3 Å². The third-order valence-electron chi connectivity index (χ3n) is 4.99. The molecule has 0 fully saturated rings. The number of nitrogens with one attached hydrogen (secondary N) is 1. The van der Waals surface area contributed by atoms with Crippen LogP contribution in [0.25, 0.3) is 0 Å². The summed E-state index contributed by atoms with van der Waals surface area (Å²) >= 11 is 0. The van der Waals surface area contributed by atoms with Crippen molar-refractivity contribution in [1.29, 1.82) is 0 Å². The SMILES string of the molecule is CC(=O)c1ccc2c(c1)N(Cc1cccc(C(=O)NCc3ccccn3)c1)C(=O)CO2. The highest BCUT2D eigenvalue weighted by atomic mass is 16.5. The van der Waals surface area contributed by atoms with Gasteiger partial charge in [-0.3, -0.25) is 19.4 Å². The van der Waals surface area contributed by atoms with E-state index in [0.29, 0.717) is 29.1 Å². The van der Waals surface area contributed by atoms with Crippen molar-refractivity contribution in [1.82, 2.24) is 10.3 Å². The van der Waals surface area contributed by atoms with Crippen LogP contribution >= 0.6 is 0 Å². The Bertz CT molecular complexity index is 1140. The Kier molecular flexibility index (Phi) is 5.75. The van der Waals surface area contributed by atoms with Gasteiger partial charge in [0.2, 0.25) is 0 Å². The van der Waals surface area contributed by atoms with Gasteiger partial charge in [0.15, 0.2) is 12.4 Å². The van der Waals surface area contributed by atoms with Gasteiger partial charge in [0.05, 0.1) is 24.5 Å². The Morgan fingerprint density at radius 1 is 1.06 bits per heavy atom. The minimum atomic E-state index is -0.222. The molecule has 156 valence electrons. The predicted octanol–water partition coefficient (Wildman–Crippen LogP) is 3.14. The summed E-state index contributed by atoms with van der Waals surface area (Å²) in [6.45, 7) is 1.99. The van der Waals surface area contributed by atoms with Gasteiger partial charge >= 0.3 is 0 Å². The molecule has 0 unspecified atom stereocenters. The van der Waals surface area contributed by atoms with Crippen LogP contribution < -0.4 is 15.0 Å². The lowest BCUT2D eigenvalue weighted by Gasteiger charge is -2.30. The van der Waals surface area contributed by atoms with Crippen LogP contribution in [0.1, 0.15) is 38.9 Å². The number of rotatable bonds is 6. The number of ether oxygens (including phenoxy) is 1. The number of carbonyl (C=O) groups is 3. The van der Waals surface area contributed by atoms with Crippen LogP contribution in [0.3, 0.4) is 0 Å². The molecule has 1 aromatic heterocycles. The highest BCUT2D eigenvalue weighted by molar-refractivity contribution is 6.01. The molecule has 0 saturated carbocycles. The van der Waals surface area contributed by atoms with Crippen molar-refractivity contribution in [2.75, 3.05) is 11.5 Å². The Morgan fingerprint density at radius 3 is 2.71 bits per heavy atom. The second kappa shape index (κ2) is 8.79. The highest BCUT2D eigenvalue weighted by Crippen LogP contribution is 2.34. The molecular weight excluding hydrogens is 394 g/mol. The van der Waals surface area contributed by atoms with Crippen LogP contribution in [0, 0.1) is 0 Å². The van der Waals surface area contributed by atoms with Gasteiger partial charge in [-0.1, -0.05) is 18.2 Å². The van der Waals surface area contributed by atoms with Gasteiger partial charge in [-0.2, -0.15) is 0 Å². The fourth-order valence-corrected chi connectivity index (χ4v) is 3.36. The number of carbonyl (C=O) groups excluding carboxylic acids is 3. The van der Waals surface area contributed by atoms with Crippen molar-refractivity contribution in [3.8, 4) is 5.75 Å². The van der Waals surface area contributed by atoms with E-state index >= 15 is 0 Å². The first-order chi connectivity index (χ1) is 15.0. The standard InChI is InChI=1S/C24H21N3O4/c1-16(28)18-8-9-22-21(12-18)27(23(29)15-31-22)14-17-5-4-6-19(11-17)24(30)26-13-20-7-2-3-10-25-20/h2-12H,13-15H2,1H3,(H,26,30). The number of benzene rings is 2. The molecule has 0 aliphatic carbocycles. The maximum atomic E-state index is 12.6. The number of anilines is 1. The summed E-state index contributed by atoms with van der Waals surface area (Å²) in [4.78, 5) is 42.7. The minimum absolute atomic E-state index is 0.0727. The molecule has 1 aliphatic heterocycles. The van der Waals surface area contributed by atoms with E-state index in [1.54, 1.807) is 47.5 Å². The monoisotopic (exact) mass is 415 g/mol. The second-order valence-corrected chi connectivity index (χ2v) is 7.21. The summed E-state index contributed by atoms with van der Waals surface area (Å²) in [7, 11) is 0. The van der Waals surface area contributed by atoms with Gasteiger partial charge in [0.1, 0.15) is 5.75 Å². The van der Waals surface area contributed by atoms with E-state index in [2.05, 4.69) is 10.3 Å². The molecule has 3 aromatic rings. The van der Waals surface area contributed by atoms with Crippen LogP contribution in [-0.2, 0) is 17.9 Å². The number of fused-ring (bicyclic) bond motifs is 1. The maximum Gasteiger partial charge on any atom is 0.265 e. The molecule has 0 bridgehead atoms. The highest BCUT2D eigenvalue weighted by Gasteiger charge is 2.26. The number of amides is 2. The third-order valence-corrected chi connectivity index (χ3v) is 4.99. The van der Waals surface area contributed by atoms with Crippen molar-refractivity contribution >= 4 is 23.3 Å². The Morgan fingerprint density at radius 2 is 1.94 bits per heavy atom. The van der Waals surface area contributed by atoms with Crippen molar-refractivity contribution in [2.24, 2.45) is 0 Å². The van der Waals surface area contributed by atoms with E-state index in [-0.39, 0.29) is 30.7 Å². The number of ketones is 1. The minimum Gasteiger partial charge on any atom is -0.482 e. The van der Waals surface area contributed by atoms with E-state index in [9.17, 15) is 14.4 Å². The maximum absolute atomic E-state index is 12.6. The quantitative estimate of drug-likeness (QED) is 0.625. The fourth-order valence-electron chi connectivity index (χ4n) is 3.36. The smallest absolute Gasteiger partial charge is 0.265 e. The van der Waals surface area contributed by atoms with Crippen LogP contribution in [-0.4, -0.2) is 29.2 Å². The molecule has 31 heavy (non-hydrogen) atoms. The number of pyridine rings is 1. The fraction of sp³-hybridized carbons (Fsp3) is 0.167. The Hall–Kier alpha value is -4.00. The van der Waals surface area contributed by atoms with E-state index < -0.39 is 0 Å². The molecule has 0 spiro atoms. The van der Waals surface area contributed by atoms with Crippen molar-refractivity contribution in [2.45, 2.75) is 20.0 Å². The first-order valence-corrected chi connectivity index (χ1v) is 9.86. The van der Waals surface area contributed by atoms with Crippen molar-refractivity contribution in [3.05, 3.63) is 89.2 Å². The summed E-state index contributed by atoms with van der Waals surface area (Å²) in [6, 6.07) is 17.7. The lowest BCUT2D eigenvalue weighted by Crippen LogP contribution is -2.38. The lowest BCUT2D eigenvalue weighted by molar-refractivity contribution is -0.121.